The van der Waals surface area contributed by atoms with Crippen LogP contribution < -0.4 is 14.8 Å². The molecule has 1 aromatic heterocycles. The highest BCUT2D eigenvalue weighted by molar-refractivity contribution is 9.12. The summed E-state index contributed by atoms with van der Waals surface area (Å²) in [6.45, 7) is 3.43. The van der Waals surface area contributed by atoms with Crippen molar-refractivity contribution < 1.29 is 9.47 Å². The number of nitrogens with one attached hydrogen (secondary N) is 1. The van der Waals surface area contributed by atoms with Crippen molar-refractivity contribution in [2.75, 3.05) is 13.3 Å². The monoisotopic (exact) mass is 431 g/mol. The number of ether oxygens (including phenoxy) is 2. The maximum absolute atomic E-state index is 5.50. The van der Waals surface area contributed by atoms with Crippen molar-refractivity contribution in [3.05, 3.63) is 43.0 Å². The summed E-state index contributed by atoms with van der Waals surface area (Å²) in [5, 5.41) is 3.61. The minimum atomic E-state index is 0.136. The van der Waals surface area contributed by atoms with Crippen molar-refractivity contribution in [2.24, 2.45) is 0 Å². The van der Waals surface area contributed by atoms with Gasteiger partial charge >= 0.3 is 0 Å². The Morgan fingerprint density at radius 3 is 2.76 bits per heavy atom. The fourth-order valence-corrected chi connectivity index (χ4v) is 5.24. The number of benzene rings is 1. The Balaban J connectivity index is 1.97. The minimum absolute atomic E-state index is 0.136. The SMILES string of the molecule is CCCNC(c1ccc2c(c1)OCO2)c1cc(Br)sc1Br. The number of hydrogen-bond acceptors (Lipinski definition) is 4. The van der Waals surface area contributed by atoms with Crippen LogP contribution in [-0.4, -0.2) is 13.3 Å². The number of rotatable bonds is 5. The molecule has 0 aliphatic carbocycles. The molecule has 1 aromatic carbocycles. The molecular formula is C15H15Br2NO2S. The lowest BCUT2D eigenvalue weighted by atomic mass is 10.0. The Labute approximate surface area is 144 Å². The molecule has 1 aliphatic rings. The minimum Gasteiger partial charge on any atom is -0.454 e. The van der Waals surface area contributed by atoms with E-state index in [0.717, 1.165) is 32.0 Å². The van der Waals surface area contributed by atoms with E-state index in [1.165, 1.54) is 11.1 Å². The average Bonchev–Trinajstić information content (AvgIpc) is 3.05. The molecule has 21 heavy (non-hydrogen) atoms. The van der Waals surface area contributed by atoms with Gasteiger partial charge in [0.05, 0.1) is 13.6 Å². The molecule has 3 rings (SSSR count). The lowest BCUT2D eigenvalue weighted by Crippen LogP contribution is -2.23. The van der Waals surface area contributed by atoms with Crippen LogP contribution in [-0.2, 0) is 0 Å². The van der Waals surface area contributed by atoms with E-state index in [1.54, 1.807) is 11.3 Å². The van der Waals surface area contributed by atoms with Gasteiger partial charge in [-0.25, -0.2) is 0 Å². The Morgan fingerprint density at radius 2 is 2.05 bits per heavy atom. The zero-order valence-corrected chi connectivity index (χ0v) is 15.5. The van der Waals surface area contributed by atoms with Crippen molar-refractivity contribution in [1.29, 1.82) is 0 Å². The summed E-state index contributed by atoms with van der Waals surface area (Å²) in [6, 6.07) is 8.43. The summed E-state index contributed by atoms with van der Waals surface area (Å²) in [5.41, 5.74) is 2.41. The van der Waals surface area contributed by atoms with Crippen LogP contribution in [0.1, 0.15) is 30.5 Å². The van der Waals surface area contributed by atoms with Crippen molar-refractivity contribution in [3.8, 4) is 11.5 Å². The summed E-state index contributed by atoms with van der Waals surface area (Å²) in [4.78, 5) is 0. The van der Waals surface area contributed by atoms with Gasteiger partial charge in [-0.05, 0) is 74.2 Å². The molecule has 3 nitrogen and oxygen atoms in total. The highest BCUT2D eigenvalue weighted by atomic mass is 79.9. The van der Waals surface area contributed by atoms with Crippen LogP contribution in [0, 0.1) is 0 Å². The van der Waals surface area contributed by atoms with Gasteiger partial charge in [-0.2, -0.15) is 0 Å². The standard InChI is InChI=1S/C15H15Br2NO2S/c1-2-5-18-14(10-7-13(16)21-15(10)17)9-3-4-11-12(6-9)20-8-19-11/h3-4,6-7,14,18H,2,5,8H2,1H3. The van der Waals surface area contributed by atoms with Gasteiger partial charge in [-0.3, -0.25) is 0 Å². The van der Waals surface area contributed by atoms with Crippen LogP contribution in [0.2, 0.25) is 0 Å². The molecule has 2 heterocycles. The second-order valence-corrected chi connectivity index (χ2v) is 8.53. The van der Waals surface area contributed by atoms with Gasteiger partial charge in [-0.1, -0.05) is 13.0 Å². The first kappa shape index (κ1) is 15.3. The predicted molar refractivity (Wildman–Crippen MR) is 92.4 cm³/mol. The Kier molecular flexibility index (Phi) is 4.88. The highest BCUT2D eigenvalue weighted by Gasteiger charge is 2.22. The Bertz CT molecular complexity index is 645. The van der Waals surface area contributed by atoms with Crippen LogP contribution >= 0.6 is 43.2 Å². The summed E-state index contributed by atoms with van der Waals surface area (Å²) in [7, 11) is 0. The third kappa shape index (κ3) is 3.28. The summed E-state index contributed by atoms with van der Waals surface area (Å²) >= 11 is 8.91. The van der Waals surface area contributed by atoms with Gasteiger partial charge in [0.25, 0.3) is 0 Å². The number of hydrogen-bond donors (Lipinski definition) is 1. The lowest BCUT2D eigenvalue weighted by molar-refractivity contribution is 0.174. The molecule has 0 saturated heterocycles. The van der Waals surface area contributed by atoms with Crippen molar-refractivity contribution in [2.45, 2.75) is 19.4 Å². The molecule has 0 fully saturated rings. The van der Waals surface area contributed by atoms with Crippen LogP contribution in [0.15, 0.2) is 31.8 Å². The zero-order chi connectivity index (χ0) is 14.8. The van der Waals surface area contributed by atoms with Crippen LogP contribution in [0.4, 0.5) is 0 Å². The van der Waals surface area contributed by atoms with E-state index in [2.05, 4.69) is 62.3 Å². The third-order valence-corrected chi connectivity index (χ3v) is 5.71. The van der Waals surface area contributed by atoms with Crippen molar-refractivity contribution in [1.82, 2.24) is 5.32 Å². The first-order valence-corrected chi connectivity index (χ1v) is 9.17. The van der Waals surface area contributed by atoms with Gasteiger partial charge < -0.3 is 14.8 Å². The molecule has 1 atom stereocenters. The van der Waals surface area contributed by atoms with Gasteiger partial charge in [0.1, 0.15) is 0 Å². The molecule has 1 aliphatic heterocycles. The van der Waals surface area contributed by atoms with Crippen LogP contribution in [0.25, 0.3) is 0 Å². The van der Waals surface area contributed by atoms with E-state index < -0.39 is 0 Å². The second kappa shape index (κ2) is 6.69. The van der Waals surface area contributed by atoms with E-state index in [1.807, 2.05) is 6.07 Å². The van der Waals surface area contributed by atoms with E-state index >= 15 is 0 Å². The molecule has 6 heteroatoms. The fraction of sp³-hybridized carbons (Fsp3) is 0.333. The second-order valence-electron chi connectivity index (χ2n) is 4.78. The average molecular weight is 433 g/mol. The number of halogens is 2. The number of fused-ring (bicyclic) bond motifs is 1. The molecule has 112 valence electrons. The molecule has 0 spiro atoms. The fourth-order valence-electron chi connectivity index (χ4n) is 2.34. The Hall–Kier alpha value is -0.560. The molecular weight excluding hydrogens is 418 g/mol. The highest BCUT2D eigenvalue weighted by Crippen LogP contribution is 2.40. The zero-order valence-electron chi connectivity index (χ0n) is 11.5. The molecule has 1 unspecified atom stereocenters. The topological polar surface area (TPSA) is 30.5 Å². The van der Waals surface area contributed by atoms with E-state index in [0.29, 0.717) is 6.79 Å². The van der Waals surface area contributed by atoms with E-state index in [-0.39, 0.29) is 6.04 Å². The largest absolute Gasteiger partial charge is 0.454 e. The maximum atomic E-state index is 5.50. The first-order chi connectivity index (χ1) is 10.2. The van der Waals surface area contributed by atoms with E-state index in [4.69, 9.17) is 9.47 Å². The van der Waals surface area contributed by atoms with Crippen molar-refractivity contribution in [3.63, 3.8) is 0 Å². The van der Waals surface area contributed by atoms with Crippen molar-refractivity contribution >= 4 is 43.2 Å². The molecule has 1 N–H and O–H groups in total. The van der Waals surface area contributed by atoms with Crippen LogP contribution in [0.3, 0.4) is 0 Å². The Morgan fingerprint density at radius 1 is 1.24 bits per heavy atom. The normalized spacial score (nSPS) is 14.4. The van der Waals surface area contributed by atoms with Gasteiger partial charge in [0.15, 0.2) is 11.5 Å². The molecule has 0 bridgehead atoms. The molecule has 0 saturated carbocycles. The quantitative estimate of drug-likeness (QED) is 0.713. The van der Waals surface area contributed by atoms with E-state index in [9.17, 15) is 0 Å². The lowest BCUT2D eigenvalue weighted by Gasteiger charge is -2.19. The van der Waals surface area contributed by atoms with Gasteiger partial charge in [0.2, 0.25) is 6.79 Å². The molecule has 2 aromatic rings. The summed E-state index contributed by atoms with van der Waals surface area (Å²) in [6.07, 6.45) is 1.09. The third-order valence-electron chi connectivity index (χ3n) is 3.32. The van der Waals surface area contributed by atoms with Gasteiger partial charge in [-0.15, -0.1) is 11.3 Å². The maximum Gasteiger partial charge on any atom is 0.231 e. The number of thiophene rings is 1. The summed E-state index contributed by atoms with van der Waals surface area (Å²) < 4.78 is 13.1. The van der Waals surface area contributed by atoms with Gasteiger partial charge in [0, 0.05) is 0 Å². The predicted octanol–water partition coefficient (Wildman–Crippen LogP) is 5.09. The van der Waals surface area contributed by atoms with Crippen LogP contribution in [0.5, 0.6) is 11.5 Å². The summed E-state index contributed by atoms with van der Waals surface area (Å²) in [5.74, 6) is 1.64. The molecule has 0 amide bonds. The first-order valence-electron chi connectivity index (χ1n) is 6.76. The smallest absolute Gasteiger partial charge is 0.231 e. The molecule has 0 radical (unpaired) electrons.